The van der Waals surface area contributed by atoms with Gasteiger partial charge in [-0.1, -0.05) is 34.1 Å². The number of hydrogen-bond donors (Lipinski definition) is 2. The third-order valence-electron chi connectivity index (χ3n) is 2.11. The molecule has 5 heteroatoms. The first-order valence-corrected chi connectivity index (χ1v) is 5.45. The van der Waals surface area contributed by atoms with Crippen LogP contribution in [0.1, 0.15) is 40.5 Å². The van der Waals surface area contributed by atoms with Gasteiger partial charge in [0.1, 0.15) is 6.04 Å². The second kappa shape index (κ2) is 6.35. The predicted molar refractivity (Wildman–Crippen MR) is 60.3 cm³/mol. The van der Waals surface area contributed by atoms with Crippen LogP contribution in [0.15, 0.2) is 0 Å². The fourth-order valence-electron chi connectivity index (χ4n) is 1.12. The fourth-order valence-corrected chi connectivity index (χ4v) is 1.12. The normalized spacial score (nSPS) is 13.0. The van der Waals surface area contributed by atoms with E-state index in [1.54, 1.807) is 20.8 Å². The maximum Gasteiger partial charge on any atom is 0.407 e. The maximum atomic E-state index is 11.3. The lowest BCUT2D eigenvalue weighted by molar-refractivity contribution is -0.142. The van der Waals surface area contributed by atoms with Gasteiger partial charge in [-0.2, -0.15) is 0 Å². The number of nitrogens with one attached hydrogen (secondary N) is 1. The van der Waals surface area contributed by atoms with E-state index in [-0.39, 0.29) is 0 Å². The summed E-state index contributed by atoms with van der Waals surface area (Å²) in [5.41, 5.74) is -0.546. The topological polar surface area (TPSA) is 75.6 Å². The average Bonchev–Trinajstić information content (AvgIpc) is 2.12. The summed E-state index contributed by atoms with van der Waals surface area (Å²) in [5, 5.41) is 11.3. The zero-order chi connectivity index (χ0) is 12.8. The van der Waals surface area contributed by atoms with E-state index in [2.05, 4.69) is 5.32 Å². The predicted octanol–water partition coefficient (Wildman–Crippen LogP) is 2.01. The van der Waals surface area contributed by atoms with Crippen LogP contribution in [0.5, 0.6) is 0 Å². The van der Waals surface area contributed by atoms with Gasteiger partial charge < -0.3 is 15.2 Å². The Morgan fingerprint density at radius 1 is 1.38 bits per heavy atom. The Bertz CT molecular complexity index is 245. The first-order chi connectivity index (χ1) is 7.29. The minimum Gasteiger partial charge on any atom is -0.480 e. The summed E-state index contributed by atoms with van der Waals surface area (Å²) in [6.07, 6.45) is 1.03. The quantitative estimate of drug-likeness (QED) is 0.710. The number of ether oxygens (including phenoxy) is 1. The minimum absolute atomic E-state index is 0.318. The number of carbonyl (C=O) groups excluding carboxylic acids is 1. The third-order valence-corrected chi connectivity index (χ3v) is 2.11. The van der Waals surface area contributed by atoms with Crippen LogP contribution < -0.4 is 5.32 Å². The third kappa shape index (κ3) is 5.58. The first-order valence-electron chi connectivity index (χ1n) is 5.45. The molecular weight excluding hydrogens is 210 g/mol. The molecule has 0 bridgehead atoms. The number of hydrogen-bond acceptors (Lipinski definition) is 3. The molecule has 0 saturated carbocycles. The Labute approximate surface area is 96.2 Å². The van der Waals surface area contributed by atoms with E-state index < -0.39 is 23.5 Å². The molecule has 0 spiro atoms. The molecule has 0 aliphatic rings. The zero-order valence-electron chi connectivity index (χ0n) is 10.4. The SMILES string of the molecule is CCCCOC(=O)NC(C(=O)O)C(C)(C)C. The van der Waals surface area contributed by atoms with Crippen LogP contribution in [0.2, 0.25) is 0 Å². The van der Waals surface area contributed by atoms with Crippen molar-refractivity contribution in [2.45, 2.75) is 46.6 Å². The van der Waals surface area contributed by atoms with Gasteiger partial charge in [0.25, 0.3) is 0 Å². The summed E-state index contributed by atoms with van der Waals surface area (Å²) in [6, 6.07) is -0.943. The van der Waals surface area contributed by atoms with Crippen LogP contribution in [0.4, 0.5) is 4.79 Å². The monoisotopic (exact) mass is 231 g/mol. The standard InChI is InChI=1S/C11H21NO4/c1-5-6-7-16-10(15)12-8(9(13)14)11(2,3)4/h8H,5-7H2,1-4H3,(H,12,15)(H,13,14). The number of amides is 1. The van der Waals surface area contributed by atoms with Gasteiger partial charge in [0, 0.05) is 0 Å². The molecule has 0 aliphatic heterocycles. The minimum atomic E-state index is -1.06. The Kier molecular flexibility index (Phi) is 5.85. The van der Waals surface area contributed by atoms with E-state index in [1.807, 2.05) is 6.92 Å². The van der Waals surface area contributed by atoms with Crippen molar-refractivity contribution < 1.29 is 19.4 Å². The molecule has 0 rings (SSSR count). The maximum absolute atomic E-state index is 11.3. The Balaban J connectivity index is 4.21. The Morgan fingerprint density at radius 3 is 2.31 bits per heavy atom. The van der Waals surface area contributed by atoms with Crippen LogP contribution in [0, 0.1) is 5.41 Å². The molecule has 1 atom stereocenters. The molecule has 0 radical (unpaired) electrons. The molecule has 0 saturated heterocycles. The summed E-state index contributed by atoms with van der Waals surface area (Å²) in [7, 11) is 0. The molecule has 5 nitrogen and oxygen atoms in total. The van der Waals surface area contributed by atoms with Crippen molar-refractivity contribution in [2.24, 2.45) is 5.41 Å². The van der Waals surface area contributed by atoms with Gasteiger partial charge in [-0.15, -0.1) is 0 Å². The number of carbonyl (C=O) groups is 2. The Hall–Kier alpha value is -1.26. The molecule has 0 aliphatic carbocycles. The second-order valence-electron chi connectivity index (χ2n) is 4.77. The average molecular weight is 231 g/mol. The molecule has 1 amide bonds. The lowest BCUT2D eigenvalue weighted by Crippen LogP contribution is -2.49. The van der Waals surface area contributed by atoms with Crippen molar-refractivity contribution >= 4 is 12.1 Å². The van der Waals surface area contributed by atoms with Crippen molar-refractivity contribution in [1.82, 2.24) is 5.32 Å². The van der Waals surface area contributed by atoms with Gasteiger partial charge in [-0.25, -0.2) is 9.59 Å². The highest BCUT2D eigenvalue weighted by molar-refractivity contribution is 5.80. The van der Waals surface area contributed by atoms with Crippen LogP contribution in [0.3, 0.4) is 0 Å². The summed E-state index contributed by atoms with van der Waals surface area (Å²) < 4.78 is 4.84. The highest BCUT2D eigenvalue weighted by Crippen LogP contribution is 2.19. The molecule has 0 aromatic carbocycles. The molecule has 0 fully saturated rings. The second-order valence-corrected chi connectivity index (χ2v) is 4.77. The highest BCUT2D eigenvalue weighted by atomic mass is 16.5. The number of carboxylic acid groups (broad SMARTS) is 1. The van der Waals surface area contributed by atoms with Crippen molar-refractivity contribution in [3.63, 3.8) is 0 Å². The van der Waals surface area contributed by atoms with Crippen molar-refractivity contribution in [3.8, 4) is 0 Å². The van der Waals surface area contributed by atoms with Gasteiger partial charge >= 0.3 is 12.1 Å². The van der Waals surface area contributed by atoms with E-state index in [0.717, 1.165) is 12.8 Å². The number of alkyl carbamates (subject to hydrolysis) is 1. The Morgan fingerprint density at radius 2 is 1.94 bits per heavy atom. The molecule has 0 aromatic heterocycles. The first kappa shape index (κ1) is 14.7. The number of rotatable bonds is 5. The lowest BCUT2D eigenvalue weighted by Gasteiger charge is -2.27. The largest absolute Gasteiger partial charge is 0.480 e. The van der Waals surface area contributed by atoms with Crippen molar-refractivity contribution in [2.75, 3.05) is 6.61 Å². The molecule has 94 valence electrons. The number of carboxylic acids is 1. The van der Waals surface area contributed by atoms with E-state index in [9.17, 15) is 9.59 Å². The summed E-state index contributed by atoms with van der Waals surface area (Å²) in [5.74, 6) is -1.06. The van der Waals surface area contributed by atoms with Crippen LogP contribution in [-0.2, 0) is 9.53 Å². The fraction of sp³-hybridized carbons (Fsp3) is 0.818. The van der Waals surface area contributed by atoms with Crippen LogP contribution in [0.25, 0.3) is 0 Å². The van der Waals surface area contributed by atoms with Crippen LogP contribution >= 0.6 is 0 Å². The number of unbranched alkanes of at least 4 members (excludes halogenated alkanes) is 1. The van der Waals surface area contributed by atoms with Crippen molar-refractivity contribution in [1.29, 1.82) is 0 Å². The van der Waals surface area contributed by atoms with Crippen molar-refractivity contribution in [3.05, 3.63) is 0 Å². The van der Waals surface area contributed by atoms with Gasteiger partial charge in [-0.3, -0.25) is 0 Å². The highest BCUT2D eigenvalue weighted by Gasteiger charge is 2.32. The number of aliphatic carboxylic acids is 1. The van der Waals surface area contributed by atoms with E-state index in [4.69, 9.17) is 9.84 Å². The van der Waals surface area contributed by atoms with Gasteiger partial charge in [0.05, 0.1) is 6.61 Å². The summed E-state index contributed by atoms with van der Waals surface area (Å²) >= 11 is 0. The van der Waals surface area contributed by atoms with Gasteiger partial charge in [-0.05, 0) is 11.8 Å². The van der Waals surface area contributed by atoms with E-state index in [0.29, 0.717) is 6.61 Å². The molecule has 1 unspecified atom stereocenters. The smallest absolute Gasteiger partial charge is 0.407 e. The zero-order valence-corrected chi connectivity index (χ0v) is 10.4. The van der Waals surface area contributed by atoms with Gasteiger partial charge in [0.15, 0.2) is 0 Å². The van der Waals surface area contributed by atoms with Gasteiger partial charge in [0.2, 0.25) is 0 Å². The lowest BCUT2D eigenvalue weighted by atomic mass is 9.87. The van der Waals surface area contributed by atoms with E-state index >= 15 is 0 Å². The molecule has 0 heterocycles. The van der Waals surface area contributed by atoms with Crippen LogP contribution in [-0.4, -0.2) is 29.8 Å². The molecular formula is C11H21NO4. The summed E-state index contributed by atoms with van der Waals surface area (Å²) in [4.78, 5) is 22.2. The molecule has 16 heavy (non-hydrogen) atoms. The molecule has 0 aromatic rings. The molecule has 2 N–H and O–H groups in total. The summed E-state index contributed by atoms with van der Waals surface area (Å²) in [6.45, 7) is 7.55. The van der Waals surface area contributed by atoms with E-state index in [1.165, 1.54) is 0 Å².